The number of methoxy groups -OCH3 is 2. The van der Waals surface area contributed by atoms with Crippen LogP contribution in [0.4, 0.5) is 5.82 Å². The monoisotopic (exact) mass is 413 g/mol. The molecule has 0 unspecified atom stereocenters. The highest BCUT2D eigenvalue weighted by atomic mass is 35.5. The van der Waals surface area contributed by atoms with E-state index in [-0.39, 0.29) is 0 Å². The number of hydrogen-bond donors (Lipinski definition) is 0. The zero-order chi connectivity index (χ0) is 20.5. The van der Waals surface area contributed by atoms with Gasteiger partial charge in [0.1, 0.15) is 17.3 Å². The van der Waals surface area contributed by atoms with Crippen molar-refractivity contribution in [2.75, 3.05) is 45.4 Å². The molecule has 1 aliphatic heterocycles. The Kier molecular flexibility index (Phi) is 5.48. The molecule has 2 aromatic heterocycles. The lowest BCUT2D eigenvalue weighted by Crippen LogP contribution is -2.37. The van der Waals surface area contributed by atoms with Crippen molar-refractivity contribution in [1.29, 1.82) is 0 Å². The van der Waals surface area contributed by atoms with Gasteiger partial charge in [-0.15, -0.1) is 0 Å². The third-order valence-corrected chi connectivity index (χ3v) is 5.66. The summed E-state index contributed by atoms with van der Waals surface area (Å²) in [6.45, 7) is 6.92. The number of aromatic nitrogens is 2. The standard InChI is InChI=1S/C22H24ClN3O3/c1-13-9-16-15(12-24-13)10-17(25-22(16)26-5-7-29-8-6-26)20-14(2)18(27-3)11-19(28-4)21(20)23/h9-12H,5-8H2,1-4H3. The highest BCUT2D eigenvalue weighted by Gasteiger charge is 2.22. The van der Waals surface area contributed by atoms with Crippen LogP contribution in [-0.2, 0) is 4.74 Å². The minimum Gasteiger partial charge on any atom is -0.496 e. The number of morpholine rings is 1. The Labute approximate surface area is 175 Å². The average molecular weight is 414 g/mol. The lowest BCUT2D eigenvalue weighted by Gasteiger charge is -2.29. The fourth-order valence-corrected chi connectivity index (χ4v) is 4.11. The molecule has 0 radical (unpaired) electrons. The molecule has 4 rings (SSSR count). The Bertz CT molecular complexity index is 1040. The maximum atomic E-state index is 6.72. The molecule has 0 saturated carbocycles. The SMILES string of the molecule is COc1cc(OC)c(Cl)c(-c2cc3cnc(C)cc3c(N3CCOCC3)n2)c1C. The lowest BCUT2D eigenvalue weighted by molar-refractivity contribution is 0.122. The summed E-state index contributed by atoms with van der Waals surface area (Å²) in [6, 6.07) is 5.91. The van der Waals surface area contributed by atoms with Crippen LogP contribution in [0.1, 0.15) is 11.3 Å². The lowest BCUT2D eigenvalue weighted by atomic mass is 10.0. The third-order valence-electron chi connectivity index (χ3n) is 5.28. The third kappa shape index (κ3) is 3.58. The maximum Gasteiger partial charge on any atom is 0.141 e. The Balaban J connectivity index is 1.99. The smallest absolute Gasteiger partial charge is 0.141 e. The van der Waals surface area contributed by atoms with Gasteiger partial charge in [0.25, 0.3) is 0 Å². The number of fused-ring (bicyclic) bond motifs is 1. The van der Waals surface area contributed by atoms with E-state index in [2.05, 4.69) is 16.0 Å². The second kappa shape index (κ2) is 8.05. The van der Waals surface area contributed by atoms with Crippen molar-refractivity contribution in [3.8, 4) is 22.8 Å². The molecular weight excluding hydrogens is 390 g/mol. The summed E-state index contributed by atoms with van der Waals surface area (Å²) in [5.41, 5.74) is 3.45. The molecule has 0 N–H and O–H groups in total. The predicted molar refractivity (Wildman–Crippen MR) is 116 cm³/mol. The van der Waals surface area contributed by atoms with Crippen LogP contribution in [0.3, 0.4) is 0 Å². The summed E-state index contributed by atoms with van der Waals surface area (Å²) in [5.74, 6) is 2.18. The van der Waals surface area contributed by atoms with E-state index in [1.54, 1.807) is 20.3 Å². The van der Waals surface area contributed by atoms with E-state index < -0.39 is 0 Å². The molecule has 1 fully saturated rings. The van der Waals surface area contributed by atoms with Crippen molar-refractivity contribution in [2.45, 2.75) is 13.8 Å². The number of rotatable bonds is 4. The summed E-state index contributed by atoms with van der Waals surface area (Å²) in [7, 11) is 3.23. The van der Waals surface area contributed by atoms with Gasteiger partial charge < -0.3 is 19.1 Å². The van der Waals surface area contributed by atoms with Gasteiger partial charge in [-0.1, -0.05) is 11.6 Å². The van der Waals surface area contributed by atoms with E-state index in [4.69, 9.17) is 30.8 Å². The Morgan fingerprint density at radius 3 is 2.45 bits per heavy atom. The number of hydrogen-bond acceptors (Lipinski definition) is 6. The quantitative estimate of drug-likeness (QED) is 0.631. The van der Waals surface area contributed by atoms with Gasteiger partial charge in [-0.2, -0.15) is 0 Å². The van der Waals surface area contributed by atoms with Crippen LogP contribution in [0, 0.1) is 13.8 Å². The van der Waals surface area contributed by atoms with Crippen LogP contribution in [-0.4, -0.2) is 50.5 Å². The average Bonchev–Trinajstić information content (AvgIpc) is 2.74. The summed E-state index contributed by atoms with van der Waals surface area (Å²) in [4.78, 5) is 11.8. The molecule has 1 aliphatic rings. The van der Waals surface area contributed by atoms with E-state index in [0.29, 0.717) is 29.7 Å². The number of pyridine rings is 2. The highest BCUT2D eigenvalue weighted by Crippen LogP contribution is 2.43. The Morgan fingerprint density at radius 1 is 1.03 bits per heavy atom. The van der Waals surface area contributed by atoms with Crippen molar-refractivity contribution >= 4 is 28.2 Å². The predicted octanol–water partition coefficient (Wildman–Crippen LogP) is 4.42. The summed E-state index contributed by atoms with van der Waals surface area (Å²) in [6.07, 6.45) is 1.89. The molecule has 0 atom stereocenters. The Hall–Kier alpha value is -2.57. The molecule has 0 bridgehead atoms. The van der Waals surface area contributed by atoms with Crippen molar-refractivity contribution in [2.24, 2.45) is 0 Å². The largest absolute Gasteiger partial charge is 0.496 e. The molecule has 152 valence electrons. The highest BCUT2D eigenvalue weighted by molar-refractivity contribution is 6.35. The number of benzene rings is 1. The van der Waals surface area contributed by atoms with Gasteiger partial charge in [-0.3, -0.25) is 4.98 Å². The fourth-order valence-electron chi connectivity index (χ4n) is 3.74. The molecule has 3 aromatic rings. The topological polar surface area (TPSA) is 56.7 Å². The van der Waals surface area contributed by atoms with Gasteiger partial charge in [0.2, 0.25) is 0 Å². The van der Waals surface area contributed by atoms with Gasteiger partial charge in [-0.25, -0.2) is 4.98 Å². The van der Waals surface area contributed by atoms with Crippen molar-refractivity contribution in [3.63, 3.8) is 0 Å². The van der Waals surface area contributed by atoms with Crippen LogP contribution >= 0.6 is 11.6 Å². The fraction of sp³-hybridized carbons (Fsp3) is 0.364. The van der Waals surface area contributed by atoms with Gasteiger partial charge in [-0.05, 0) is 26.0 Å². The molecule has 1 saturated heterocycles. The summed E-state index contributed by atoms with van der Waals surface area (Å²) >= 11 is 6.72. The molecule has 6 nitrogen and oxygen atoms in total. The van der Waals surface area contributed by atoms with E-state index >= 15 is 0 Å². The van der Waals surface area contributed by atoms with Crippen LogP contribution in [0.2, 0.25) is 5.02 Å². The Morgan fingerprint density at radius 2 is 1.76 bits per heavy atom. The van der Waals surface area contributed by atoms with Crippen LogP contribution in [0.25, 0.3) is 22.0 Å². The van der Waals surface area contributed by atoms with Gasteiger partial charge in [0, 0.05) is 52.9 Å². The van der Waals surface area contributed by atoms with Gasteiger partial charge in [0.15, 0.2) is 0 Å². The van der Waals surface area contributed by atoms with E-state index in [1.807, 2.05) is 26.1 Å². The number of ether oxygens (including phenoxy) is 3. The minimum atomic E-state index is 0.519. The van der Waals surface area contributed by atoms with Gasteiger partial charge in [0.05, 0.1) is 38.1 Å². The van der Waals surface area contributed by atoms with Crippen molar-refractivity contribution < 1.29 is 14.2 Å². The second-order valence-electron chi connectivity index (χ2n) is 7.07. The first-order valence-corrected chi connectivity index (χ1v) is 9.92. The molecular formula is C22H24ClN3O3. The molecule has 0 aliphatic carbocycles. The van der Waals surface area contributed by atoms with Gasteiger partial charge >= 0.3 is 0 Å². The number of halogens is 1. The van der Waals surface area contributed by atoms with E-state index in [0.717, 1.165) is 52.2 Å². The summed E-state index contributed by atoms with van der Waals surface area (Å²) < 4.78 is 16.6. The molecule has 0 amide bonds. The van der Waals surface area contributed by atoms with E-state index in [1.165, 1.54) is 0 Å². The van der Waals surface area contributed by atoms with E-state index in [9.17, 15) is 0 Å². The zero-order valence-corrected chi connectivity index (χ0v) is 17.8. The maximum absolute atomic E-state index is 6.72. The molecule has 29 heavy (non-hydrogen) atoms. The normalized spacial score (nSPS) is 14.3. The molecule has 3 heterocycles. The van der Waals surface area contributed by atoms with Crippen LogP contribution < -0.4 is 14.4 Å². The first-order valence-electron chi connectivity index (χ1n) is 9.55. The van der Waals surface area contributed by atoms with Crippen LogP contribution in [0.5, 0.6) is 11.5 Å². The minimum absolute atomic E-state index is 0.519. The number of aryl methyl sites for hydroxylation is 1. The first-order chi connectivity index (χ1) is 14.0. The summed E-state index contributed by atoms with van der Waals surface area (Å²) in [5, 5.41) is 2.61. The van der Waals surface area contributed by atoms with Crippen LogP contribution in [0.15, 0.2) is 24.4 Å². The first kappa shape index (κ1) is 19.7. The second-order valence-corrected chi connectivity index (χ2v) is 7.45. The molecule has 1 aromatic carbocycles. The molecule has 7 heteroatoms. The number of nitrogens with zero attached hydrogens (tertiary/aromatic N) is 3. The van der Waals surface area contributed by atoms with Crippen molar-refractivity contribution in [3.05, 3.63) is 40.7 Å². The van der Waals surface area contributed by atoms with Crippen molar-refractivity contribution in [1.82, 2.24) is 9.97 Å². The molecule has 0 spiro atoms. The number of anilines is 1. The zero-order valence-electron chi connectivity index (χ0n) is 17.1.